The second-order valence-electron chi connectivity index (χ2n) is 7.29. The lowest BCUT2D eigenvalue weighted by Gasteiger charge is -2.12. The Morgan fingerprint density at radius 1 is 0.938 bits per heavy atom. The van der Waals surface area contributed by atoms with Gasteiger partial charge in [0.05, 0.1) is 32.5 Å². The smallest absolute Gasteiger partial charge is 0.270 e. The highest BCUT2D eigenvalue weighted by Gasteiger charge is 2.18. The summed E-state index contributed by atoms with van der Waals surface area (Å²) in [6.07, 6.45) is 1.92. The van der Waals surface area contributed by atoms with Crippen LogP contribution >= 0.6 is 0 Å². The van der Waals surface area contributed by atoms with Crippen molar-refractivity contribution in [3.63, 3.8) is 0 Å². The van der Waals surface area contributed by atoms with Crippen LogP contribution in [0.5, 0.6) is 17.2 Å². The molecule has 2 heterocycles. The van der Waals surface area contributed by atoms with Gasteiger partial charge < -0.3 is 24.1 Å². The molecule has 1 N–H and O–H groups in total. The molecule has 7 heteroatoms. The van der Waals surface area contributed by atoms with E-state index in [1.807, 2.05) is 72.4 Å². The minimum atomic E-state index is -0.257. The van der Waals surface area contributed by atoms with Crippen molar-refractivity contribution in [3.05, 3.63) is 72.1 Å². The van der Waals surface area contributed by atoms with E-state index < -0.39 is 0 Å². The van der Waals surface area contributed by atoms with Crippen molar-refractivity contribution in [2.24, 2.45) is 7.05 Å². The Labute approximate surface area is 186 Å². The zero-order valence-corrected chi connectivity index (χ0v) is 18.5. The molecule has 0 aliphatic carbocycles. The van der Waals surface area contributed by atoms with E-state index in [9.17, 15) is 4.79 Å². The van der Waals surface area contributed by atoms with E-state index in [2.05, 4.69) is 5.32 Å². The molecule has 0 spiro atoms. The minimum absolute atomic E-state index is 0.257. The molecule has 2 aromatic carbocycles. The molecule has 0 saturated carbocycles. The summed E-state index contributed by atoms with van der Waals surface area (Å²) in [6, 6.07) is 17.1. The number of fused-ring (bicyclic) bond motifs is 1. The van der Waals surface area contributed by atoms with Crippen molar-refractivity contribution in [2.75, 3.05) is 21.3 Å². The summed E-state index contributed by atoms with van der Waals surface area (Å²) in [5.41, 5.74) is 3.67. The Morgan fingerprint density at radius 3 is 2.44 bits per heavy atom. The van der Waals surface area contributed by atoms with Crippen LogP contribution in [-0.2, 0) is 13.6 Å². The van der Waals surface area contributed by atoms with Gasteiger partial charge in [0.1, 0.15) is 11.4 Å². The minimum Gasteiger partial charge on any atom is -0.496 e. The topological polar surface area (TPSA) is 74.6 Å². The van der Waals surface area contributed by atoms with Gasteiger partial charge in [0.15, 0.2) is 11.5 Å². The Kier molecular flexibility index (Phi) is 5.98. The molecule has 0 saturated heterocycles. The fourth-order valence-corrected chi connectivity index (χ4v) is 3.69. The van der Waals surface area contributed by atoms with Gasteiger partial charge in [-0.1, -0.05) is 18.2 Å². The first kappa shape index (κ1) is 21.2. The van der Waals surface area contributed by atoms with Gasteiger partial charge in [-0.05, 0) is 42.0 Å². The Balaban J connectivity index is 1.68. The summed E-state index contributed by atoms with van der Waals surface area (Å²) in [5.74, 6) is 1.69. The van der Waals surface area contributed by atoms with Gasteiger partial charge in [0.25, 0.3) is 5.91 Å². The molecule has 0 radical (unpaired) electrons. The molecular formula is C25H25N3O4. The summed E-state index contributed by atoms with van der Waals surface area (Å²) in [4.78, 5) is 17.9. The molecule has 0 atom stereocenters. The van der Waals surface area contributed by atoms with Crippen LogP contribution in [-0.4, -0.2) is 36.8 Å². The molecule has 2 aromatic heterocycles. The number of carbonyl (C=O) groups excluding carboxylic acids is 1. The molecule has 0 fully saturated rings. The standard InChI is InChI=1S/C25H25N3O4/c1-28-12-11-18-20(28)14-19(17-7-5-6-8-21(17)30-2)27-24(18)25(29)26-15-16-9-10-22(31-3)23(13-16)32-4/h5-14H,15H2,1-4H3,(H,26,29). The number of para-hydroxylation sites is 1. The van der Waals surface area contributed by atoms with Crippen LogP contribution < -0.4 is 19.5 Å². The van der Waals surface area contributed by atoms with Gasteiger partial charge in [-0.2, -0.15) is 0 Å². The molecule has 4 aromatic rings. The number of hydrogen-bond donors (Lipinski definition) is 1. The number of amides is 1. The molecule has 164 valence electrons. The van der Waals surface area contributed by atoms with Crippen molar-refractivity contribution < 1.29 is 19.0 Å². The van der Waals surface area contributed by atoms with Crippen LogP contribution in [0.25, 0.3) is 22.2 Å². The summed E-state index contributed by atoms with van der Waals surface area (Å²) >= 11 is 0. The quantitative estimate of drug-likeness (QED) is 0.475. The zero-order valence-electron chi connectivity index (χ0n) is 18.5. The molecule has 0 bridgehead atoms. The van der Waals surface area contributed by atoms with Crippen molar-refractivity contribution in [1.82, 2.24) is 14.9 Å². The van der Waals surface area contributed by atoms with E-state index in [-0.39, 0.29) is 5.91 Å². The number of hydrogen-bond acceptors (Lipinski definition) is 5. The van der Waals surface area contributed by atoms with E-state index >= 15 is 0 Å². The average molecular weight is 431 g/mol. The Bertz CT molecular complexity index is 1280. The van der Waals surface area contributed by atoms with Gasteiger partial charge >= 0.3 is 0 Å². The van der Waals surface area contributed by atoms with Gasteiger partial charge in [-0.3, -0.25) is 4.79 Å². The molecule has 0 aliphatic heterocycles. The molecule has 1 amide bonds. The molecule has 4 rings (SSSR count). The predicted molar refractivity (Wildman–Crippen MR) is 123 cm³/mol. The summed E-state index contributed by atoms with van der Waals surface area (Å²) in [7, 11) is 6.74. The highest BCUT2D eigenvalue weighted by Crippen LogP contribution is 2.32. The average Bonchev–Trinajstić information content (AvgIpc) is 3.22. The van der Waals surface area contributed by atoms with Gasteiger partial charge in [-0.15, -0.1) is 0 Å². The SMILES string of the molecule is COc1ccc(CNC(=O)c2nc(-c3ccccc3OC)cc3c2ccn3C)cc1OC. The van der Waals surface area contributed by atoms with Gasteiger partial charge in [0, 0.05) is 30.7 Å². The first-order valence-electron chi connectivity index (χ1n) is 10.1. The third-order valence-corrected chi connectivity index (χ3v) is 5.38. The maximum absolute atomic E-state index is 13.2. The summed E-state index contributed by atoms with van der Waals surface area (Å²) < 4.78 is 18.1. The number of carbonyl (C=O) groups is 1. The third-order valence-electron chi connectivity index (χ3n) is 5.38. The van der Waals surface area contributed by atoms with Crippen LogP contribution in [0.1, 0.15) is 16.1 Å². The summed E-state index contributed by atoms with van der Waals surface area (Å²) in [6.45, 7) is 0.327. The monoisotopic (exact) mass is 431 g/mol. The maximum Gasteiger partial charge on any atom is 0.270 e. The van der Waals surface area contributed by atoms with Gasteiger partial charge in [0.2, 0.25) is 0 Å². The lowest BCUT2D eigenvalue weighted by molar-refractivity contribution is 0.0948. The number of nitrogens with zero attached hydrogens (tertiary/aromatic N) is 2. The Morgan fingerprint density at radius 2 is 1.69 bits per heavy atom. The van der Waals surface area contributed by atoms with Gasteiger partial charge in [-0.25, -0.2) is 4.98 Å². The fraction of sp³-hybridized carbons (Fsp3) is 0.200. The number of aromatic nitrogens is 2. The Hall–Kier alpha value is -4.00. The van der Waals surface area contributed by atoms with Crippen LogP contribution in [0.3, 0.4) is 0 Å². The number of rotatable bonds is 7. The third kappa shape index (κ3) is 3.97. The first-order valence-corrected chi connectivity index (χ1v) is 10.1. The second kappa shape index (κ2) is 9.01. The predicted octanol–water partition coefficient (Wildman–Crippen LogP) is 4.20. The first-order chi connectivity index (χ1) is 15.5. The lowest BCUT2D eigenvalue weighted by atomic mass is 10.1. The summed E-state index contributed by atoms with van der Waals surface area (Å²) in [5, 5.41) is 3.76. The number of methoxy groups -OCH3 is 3. The zero-order chi connectivity index (χ0) is 22.7. The molecular weight excluding hydrogens is 406 g/mol. The number of pyridine rings is 1. The molecule has 7 nitrogen and oxygen atoms in total. The largest absolute Gasteiger partial charge is 0.496 e. The normalized spacial score (nSPS) is 10.8. The van der Waals surface area contributed by atoms with E-state index in [0.29, 0.717) is 35.2 Å². The molecule has 0 aliphatic rings. The lowest BCUT2D eigenvalue weighted by Crippen LogP contribution is -2.24. The van der Waals surface area contributed by atoms with Crippen molar-refractivity contribution in [3.8, 4) is 28.5 Å². The number of ether oxygens (including phenoxy) is 3. The highest BCUT2D eigenvalue weighted by molar-refractivity contribution is 6.05. The number of aryl methyl sites for hydroxylation is 1. The van der Waals surface area contributed by atoms with Crippen LogP contribution in [0.4, 0.5) is 0 Å². The van der Waals surface area contributed by atoms with Crippen molar-refractivity contribution in [1.29, 1.82) is 0 Å². The second-order valence-corrected chi connectivity index (χ2v) is 7.29. The van der Waals surface area contributed by atoms with E-state index in [1.165, 1.54) is 0 Å². The number of nitrogens with one attached hydrogen (secondary N) is 1. The van der Waals surface area contributed by atoms with Crippen LogP contribution in [0.15, 0.2) is 60.8 Å². The van der Waals surface area contributed by atoms with Crippen molar-refractivity contribution >= 4 is 16.8 Å². The number of benzene rings is 2. The van der Waals surface area contributed by atoms with Crippen LogP contribution in [0.2, 0.25) is 0 Å². The molecule has 0 unspecified atom stereocenters. The fourth-order valence-electron chi connectivity index (χ4n) is 3.69. The highest BCUT2D eigenvalue weighted by atomic mass is 16.5. The maximum atomic E-state index is 13.2. The van der Waals surface area contributed by atoms with E-state index in [1.54, 1.807) is 21.3 Å². The van der Waals surface area contributed by atoms with Crippen LogP contribution in [0, 0.1) is 0 Å². The van der Waals surface area contributed by atoms with Crippen molar-refractivity contribution in [2.45, 2.75) is 6.54 Å². The molecule has 32 heavy (non-hydrogen) atoms. The van der Waals surface area contributed by atoms with E-state index in [0.717, 1.165) is 22.0 Å². The van der Waals surface area contributed by atoms with E-state index in [4.69, 9.17) is 19.2 Å².